The zero-order valence-electron chi connectivity index (χ0n) is 20.2. The van der Waals surface area contributed by atoms with Crippen LogP contribution in [0.2, 0.25) is 0 Å². The van der Waals surface area contributed by atoms with Crippen molar-refractivity contribution in [3.8, 4) is 5.75 Å². The van der Waals surface area contributed by atoms with E-state index in [9.17, 15) is 14.0 Å². The van der Waals surface area contributed by atoms with Crippen LogP contribution in [0.3, 0.4) is 0 Å². The van der Waals surface area contributed by atoms with Gasteiger partial charge in [0.1, 0.15) is 11.6 Å². The fourth-order valence-corrected chi connectivity index (χ4v) is 5.32. The number of ether oxygens (including phenoxy) is 1. The number of carbonyl (C=O) groups excluding carboxylic acids is 1. The molecule has 3 aromatic rings. The molecule has 0 aliphatic carbocycles. The number of hydrazone groups is 1. The number of carbonyl (C=O) groups is 1. The molecular formula is C28H29FN4O3. The van der Waals surface area contributed by atoms with Gasteiger partial charge in [-0.1, -0.05) is 12.1 Å². The maximum absolute atomic E-state index is 13.4. The average molecular weight is 489 g/mol. The van der Waals surface area contributed by atoms with E-state index in [4.69, 9.17) is 4.74 Å². The number of hydrogen-bond acceptors (Lipinski definition) is 5. The van der Waals surface area contributed by atoms with Gasteiger partial charge in [0.25, 0.3) is 11.5 Å². The molecule has 1 amide bonds. The van der Waals surface area contributed by atoms with Crippen molar-refractivity contribution >= 4 is 12.1 Å². The van der Waals surface area contributed by atoms with E-state index >= 15 is 0 Å². The number of rotatable bonds is 7. The van der Waals surface area contributed by atoms with Gasteiger partial charge in [-0.15, -0.1) is 0 Å². The Labute approximate surface area is 209 Å². The van der Waals surface area contributed by atoms with Gasteiger partial charge in [-0.2, -0.15) is 5.10 Å². The van der Waals surface area contributed by atoms with Crippen LogP contribution in [-0.4, -0.2) is 41.3 Å². The van der Waals surface area contributed by atoms with Gasteiger partial charge in [-0.25, -0.2) is 9.82 Å². The first-order valence-corrected chi connectivity index (χ1v) is 12.3. The van der Waals surface area contributed by atoms with Crippen LogP contribution >= 0.6 is 0 Å². The topological polar surface area (TPSA) is 75.9 Å². The highest BCUT2D eigenvalue weighted by atomic mass is 19.1. The Hall–Kier alpha value is -3.78. The van der Waals surface area contributed by atoms with Gasteiger partial charge in [0.15, 0.2) is 0 Å². The molecule has 5 rings (SSSR count). The Kier molecular flexibility index (Phi) is 6.95. The monoisotopic (exact) mass is 488 g/mol. The van der Waals surface area contributed by atoms with Crippen molar-refractivity contribution in [2.45, 2.75) is 32.4 Å². The van der Waals surface area contributed by atoms with E-state index in [2.05, 4.69) is 21.5 Å². The van der Waals surface area contributed by atoms with Crippen LogP contribution in [0.25, 0.3) is 0 Å². The Morgan fingerprint density at radius 2 is 2.00 bits per heavy atom. The molecule has 7 nitrogen and oxygen atoms in total. The lowest BCUT2D eigenvalue weighted by Gasteiger charge is -2.43. The van der Waals surface area contributed by atoms with Crippen molar-refractivity contribution < 1.29 is 13.9 Å². The van der Waals surface area contributed by atoms with Crippen LogP contribution in [0.1, 0.15) is 46.4 Å². The molecule has 2 bridgehead atoms. The Bertz CT molecular complexity index is 1350. The van der Waals surface area contributed by atoms with Crippen LogP contribution in [0, 0.1) is 11.7 Å². The fraction of sp³-hybridized carbons (Fsp3) is 0.321. The van der Waals surface area contributed by atoms with Crippen molar-refractivity contribution in [2.24, 2.45) is 11.0 Å². The minimum atomic E-state index is -0.476. The summed E-state index contributed by atoms with van der Waals surface area (Å²) < 4.78 is 21.2. The summed E-state index contributed by atoms with van der Waals surface area (Å²) in [6, 6.07) is 16.9. The lowest BCUT2D eigenvalue weighted by Crippen LogP contribution is -2.46. The number of aromatic nitrogens is 1. The molecule has 8 heteroatoms. The standard InChI is InChI=1S/C28H29FN4O3/c1-2-36-26-10-9-19(14-30-31-28(35)21-5-3-6-24(29)13-21)11-23(26)18-32-15-20-12-22(17-32)25-7-4-8-27(34)33(25)16-20/h3-11,13-14,20,22H,2,12,15-18H2,1H3,(H,31,35)/b30-14-/t20-,22+/m1/s1. The number of piperidine rings is 1. The molecule has 1 N–H and O–H groups in total. The van der Waals surface area contributed by atoms with E-state index in [-0.39, 0.29) is 11.1 Å². The summed E-state index contributed by atoms with van der Waals surface area (Å²) in [6.45, 7) is 5.81. The highest BCUT2D eigenvalue weighted by Crippen LogP contribution is 2.36. The van der Waals surface area contributed by atoms with E-state index in [0.717, 1.165) is 55.2 Å². The van der Waals surface area contributed by atoms with Gasteiger partial charge in [0, 0.05) is 55.0 Å². The predicted molar refractivity (Wildman–Crippen MR) is 136 cm³/mol. The minimum absolute atomic E-state index is 0.0887. The first-order valence-electron chi connectivity index (χ1n) is 12.3. The molecule has 186 valence electrons. The summed E-state index contributed by atoms with van der Waals surface area (Å²) in [5.74, 6) is 0.654. The zero-order valence-corrected chi connectivity index (χ0v) is 20.2. The summed E-state index contributed by atoms with van der Waals surface area (Å²) >= 11 is 0. The summed E-state index contributed by atoms with van der Waals surface area (Å²) in [7, 11) is 0. The summed E-state index contributed by atoms with van der Waals surface area (Å²) in [6.07, 6.45) is 2.68. The molecule has 0 unspecified atom stereocenters. The van der Waals surface area contributed by atoms with E-state index in [0.29, 0.717) is 18.4 Å². The first kappa shape index (κ1) is 23.9. The van der Waals surface area contributed by atoms with Gasteiger partial charge in [0.2, 0.25) is 0 Å². The largest absolute Gasteiger partial charge is 0.494 e. The van der Waals surface area contributed by atoms with Crippen molar-refractivity contribution in [1.82, 2.24) is 14.9 Å². The Morgan fingerprint density at radius 1 is 1.14 bits per heavy atom. The van der Waals surface area contributed by atoms with E-state index < -0.39 is 11.7 Å². The van der Waals surface area contributed by atoms with Gasteiger partial charge in [0.05, 0.1) is 12.8 Å². The SMILES string of the molecule is CCOc1ccc(/C=N\NC(=O)c2cccc(F)c2)cc1CN1C[C@H]2C[C@@H](C1)c1cccc(=O)n1C2. The Morgan fingerprint density at radius 3 is 2.83 bits per heavy atom. The maximum atomic E-state index is 13.4. The van der Waals surface area contributed by atoms with Crippen LogP contribution in [-0.2, 0) is 13.1 Å². The molecule has 1 aromatic heterocycles. The molecule has 3 heterocycles. The highest BCUT2D eigenvalue weighted by molar-refractivity contribution is 5.94. The maximum Gasteiger partial charge on any atom is 0.271 e. The van der Waals surface area contributed by atoms with Crippen molar-refractivity contribution in [2.75, 3.05) is 19.7 Å². The normalized spacial score (nSPS) is 19.2. The number of nitrogens with zero attached hydrogens (tertiary/aromatic N) is 3. The van der Waals surface area contributed by atoms with Crippen LogP contribution in [0.15, 0.2) is 70.6 Å². The smallest absolute Gasteiger partial charge is 0.271 e. The van der Waals surface area contributed by atoms with Gasteiger partial charge in [-0.05, 0) is 67.3 Å². The van der Waals surface area contributed by atoms with Gasteiger partial charge >= 0.3 is 0 Å². The number of benzene rings is 2. The van der Waals surface area contributed by atoms with Gasteiger partial charge < -0.3 is 9.30 Å². The second-order valence-electron chi connectivity index (χ2n) is 9.40. The third-order valence-electron chi connectivity index (χ3n) is 6.80. The molecule has 2 atom stereocenters. The molecule has 2 aliphatic heterocycles. The summed E-state index contributed by atoms with van der Waals surface area (Å²) in [5.41, 5.74) is 5.74. The predicted octanol–water partition coefficient (Wildman–Crippen LogP) is 3.77. The van der Waals surface area contributed by atoms with Gasteiger partial charge in [-0.3, -0.25) is 14.5 Å². The molecule has 1 saturated heterocycles. The van der Waals surface area contributed by atoms with Crippen molar-refractivity contribution in [3.63, 3.8) is 0 Å². The van der Waals surface area contributed by atoms with Crippen molar-refractivity contribution in [3.05, 3.63) is 99.2 Å². The van der Waals surface area contributed by atoms with Crippen LogP contribution in [0.4, 0.5) is 4.39 Å². The van der Waals surface area contributed by atoms with Crippen LogP contribution < -0.4 is 15.7 Å². The molecule has 0 saturated carbocycles. The number of likely N-dealkylation sites (tertiary alicyclic amines) is 1. The number of hydrogen-bond donors (Lipinski definition) is 1. The van der Waals surface area contributed by atoms with Crippen LogP contribution in [0.5, 0.6) is 5.75 Å². The van der Waals surface area contributed by atoms with E-state index in [1.54, 1.807) is 12.3 Å². The second-order valence-corrected chi connectivity index (χ2v) is 9.40. The average Bonchev–Trinajstić information content (AvgIpc) is 2.86. The van der Waals surface area contributed by atoms with E-state index in [1.165, 1.54) is 24.3 Å². The third-order valence-corrected chi connectivity index (χ3v) is 6.80. The molecule has 2 aromatic carbocycles. The molecule has 2 aliphatic rings. The summed E-state index contributed by atoms with van der Waals surface area (Å²) in [4.78, 5) is 27.0. The quantitative estimate of drug-likeness (QED) is 0.406. The zero-order chi connectivity index (χ0) is 25.1. The highest BCUT2D eigenvalue weighted by Gasteiger charge is 2.34. The van der Waals surface area contributed by atoms with E-state index in [1.807, 2.05) is 35.8 Å². The third kappa shape index (κ3) is 5.23. The number of halogens is 1. The number of fused-ring (bicyclic) bond motifs is 4. The first-order chi connectivity index (χ1) is 17.5. The fourth-order valence-electron chi connectivity index (χ4n) is 5.32. The van der Waals surface area contributed by atoms with Crippen molar-refractivity contribution in [1.29, 1.82) is 0 Å². The Balaban J connectivity index is 1.30. The molecule has 36 heavy (non-hydrogen) atoms. The number of amides is 1. The molecule has 0 radical (unpaired) electrons. The lowest BCUT2D eigenvalue weighted by molar-refractivity contribution is 0.0954. The molecule has 1 fully saturated rings. The second kappa shape index (κ2) is 10.5. The minimum Gasteiger partial charge on any atom is -0.494 e. The number of pyridine rings is 1. The summed E-state index contributed by atoms with van der Waals surface area (Å²) in [5, 5.41) is 4.06. The molecular weight excluding hydrogens is 459 g/mol. The molecule has 0 spiro atoms. The number of nitrogens with one attached hydrogen (secondary N) is 1. The lowest BCUT2D eigenvalue weighted by atomic mass is 9.83.